The van der Waals surface area contributed by atoms with Gasteiger partial charge in [0.25, 0.3) is 0 Å². The summed E-state index contributed by atoms with van der Waals surface area (Å²) in [5.41, 5.74) is 1.60. The van der Waals surface area contributed by atoms with E-state index in [4.69, 9.17) is 9.15 Å². The number of rotatable bonds is 5. The number of benzene rings is 1. The first-order valence-corrected chi connectivity index (χ1v) is 6.87. The third-order valence-corrected chi connectivity index (χ3v) is 3.19. The molecule has 0 amide bonds. The van der Waals surface area contributed by atoms with E-state index in [-0.39, 0.29) is 0 Å². The topological polar surface area (TPSA) is 79.6 Å². The first-order valence-electron chi connectivity index (χ1n) is 6.87. The molecule has 2 rings (SSSR count). The Hall–Kier alpha value is -2.30. The summed E-state index contributed by atoms with van der Waals surface area (Å²) in [4.78, 5) is 22.5. The second-order valence-electron chi connectivity index (χ2n) is 5.06. The molecule has 2 aromatic rings. The van der Waals surface area contributed by atoms with Crippen LogP contribution in [0, 0.1) is 6.92 Å². The normalized spacial score (nSPS) is 12.3. The fraction of sp³-hybridized carbons (Fsp3) is 0.375. The van der Waals surface area contributed by atoms with E-state index in [1.54, 1.807) is 12.1 Å². The summed E-state index contributed by atoms with van der Waals surface area (Å²) in [6, 6.07) is 4.91. The molecular formula is C16H17O5-. The number of carboxylic acid groups (broad SMARTS) is 1. The van der Waals surface area contributed by atoms with E-state index in [0.717, 1.165) is 17.5 Å². The van der Waals surface area contributed by atoms with Gasteiger partial charge < -0.3 is 19.1 Å². The molecule has 0 aliphatic carbocycles. The lowest BCUT2D eigenvalue weighted by molar-refractivity contribution is -0.312. The Morgan fingerprint density at radius 2 is 2.10 bits per heavy atom. The lowest BCUT2D eigenvalue weighted by Crippen LogP contribution is -2.37. The zero-order valence-electron chi connectivity index (χ0n) is 12.3. The van der Waals surface area contributed by atoms with Gasteiger partial charge in [0.1, 0.15) is 17.4 Å². The molecule has 1 aromatic heterocycles. The summed E-state index contributed by atoms with van der Waals surface area (Å²) in [7, 11) is 0. The van der Waals surface area contributed by atoms with Gasteiger partial charge in [-0.3, -0.25) is 0 Å². The zero-order chi connectivity index (χ0) is 15.6. The van der Waals surface area contributed by atoms with Crippen LogP contribution < -0.4 is 15.5 Å². The molecule has 0 saturated heterocycles. The van der Waals surface area contributed by atoms with Gasteiger partial charge >= 0.3 is 5.63 Å². The fourth-order valence-electron chi connectivity index (χ4n) is 2.27. The monoisotopic (exact) mass is 289 g/mol. The second-order valence-corrected chi connectivity index (χ2v) is 5.06. The molecule has 0 aliphatic heterocycles. The minimum atomic E-state index is -1.29. The minimum absolute atomic E-state index is 0.397. The van der Waals surface area contributed by atoms with Crippen molar-refractivity contribution < 1.29 is 19.1 Å². The van der Waals surface area contributed by atoms with Crippen molar-refractivity contribution >= 4 is 16.9 Å². The molecular weight excluding hydrogens is 272 g/mol. The average molecular weight is 289 g/mol. The van der Waals surface area contributed by atoms with E-state index in [1.165, 1.54) is 13.0 Å². The number of hydrogen-bond acceptors (Lipinski definition) is 5. The molecule has 0 bridgehead atoms. The highest BCUT2D eigenvalue weighted by Crippen LogP contribution is 2.31. The second kappa shape index (κ2) is 5.99. The number of hydrogen-bond donors (Lipinski definition) is 0. The van der Waals surface area contributed by atoms with E-state index < -0.39 is 17.7 Å². The largest absolute Gasteiger partial charge is 0.546 e. The van der Waals surface area contributed by atoms with Crippen molar-refractivity contribution in [3.05, 3.63) is 39.7 Å². The summed E-state index contributed by atoms with van der Waals surface area (Å²) in [5, 5.41) is 11.5. The molecule has 5 heteroatoms. The summed E-state index contributed by atoms with van der Waals surface area (Å²) < 4.78 is 10.7. The quantitative estimate of drug-likeness (QED) is 0.781. The van der Waals surface area contributed by atoms with Gasteiger partial charge in [0.15, 0.2) is 0 Å². The smallest absolute Gasteiger partial charge is 0.336 e. The fourth-order valence-corrected chi connectivity index (χ4v) is 2.27. The maximum absolute atomic E-state index is 11.6. The predicted molar refractivity (Wildman–Crippen MR) is 76.3 cm³/mol. The third kappa shape index (κ3) is 3.24. The van der Waals surface area contributed by atoms with Crippen LogP contribution in [0.15, 0.2) is 27.4 Å². The molecule has 0 radical (unpaired) electrons. The number of carbonyl (C=O) groups is 1. The lowest BCUT2D eigenvalue weighted by Gasteiger charge is -2.18. The van der Waals surface area contributed by atoms with E-state index in [9.17, 15) is 14.7 Å². The summed E-state index contributed by atoms with van der Waals surface area (Å²) in [6.07, 6.45) is 0.444. The summed E-state index contributed by atoms with van der Waals surface area (Å²) >= 11 is 0. The van der Waals surface area contributed by atoms with Crippen molar-refractivity contribution in [2.45, 2.75) is 39.7 Å². The van der Waals surface area contributed by atoms with Crippen LogP contribution in [0.25, 0.3) is 11.0 Å². The van der Waals surface area contributed by atoms with E-state index in [2.05, 4.69) is 0 Å². The highest BCUT2D eigenvalue weighted by molar-refractivity contribution is 5.88. The number of carbonyl (C=O) groups excluding carboxylic acids is 1. The molecule has 1 aromatic carbocycles. The highest BCUT2D eigenvalue weighted by Gasteiger charge is 2.14. The molecule has 112 valence electrons. The van der Waals surface area contributed by atoms with Gasteiger partial charge in [-0.25, -0.2) is 4.79 Å². The van der Waals surface area contributed by atoms with Crippen LogP contribution in [0.3, 0.4) is 0 Å². The molecule has 1 atom stereocenters. The molecule has 0 saturated carbocycles. The Labute approximate surface area is 122 Å². The molecule has 0 aliphatic rings. The number of aryl methyl sites for hydroxylation is 2. The van der Waals surface area contributed by atoms with Crippen molar-refractivity contribution in [3.63, 3.8) is 0 Å². The van der Waals surface area contributed by atoms with Crippen molar-refractivity contribution in [2.24, 2.45) is 0 Å². The first-order chi connectivity index (χ1) is 9.92. The van der Waals surface area contributed by atoms with Gasteiger partial charge in [-0.05, 0) is 43.5 Å². The lowest BCUT2D eigenvalue weighted by atomic mass is 10.0. The standard InChI is InChI=1S/C16H18O5/c1-4-5-11-8-14(17)21-13-7-9(2)6-12(15(11)13)20-10(3)16(18)19/h6-8,10H,4-5H2,1-3H3,(H,18,19)/p-1/t10-/m1/s1. The van der Waals surface area contributed by atoms with Gasteiger partial charge in [0.2, 0.25) is 0 Å². The van der Waals surface area contributed by atoms with E-state index >= 15 is 0 Å². The van der Waals surface area contributed by atoms with Crippen molar-refractivity contribution in [1.82, 2.24) is 0 Å². The summed E-state index contributed by atoms with van der Waals surface area (Å²) in [5.74, 6) is -0.895. The zero-order valence-corrected chi connectivity index (χ0v) is 12.3. The third-order valence-electron chi connectivity index (χ3n) is 3.19. The highest BCUT2D eigenvalue weighted by atomic mass is 16.5. The average Bonchev–Trinajstić information content (AvgIpc) is 2.37. The number of ether oxygens (including phenoxy) is 1. The van der Waals surface area contributed by atoms with Crippen LogP contribution in [0.1, 0.15) is 31.4 Å². The van der Waals surface area contributed by atoms with E-state index in [0.29, 0.717) is 23.1 Å². The Balaban J connectivity index is 2.67. The molecule has 21 heavy (non-hydrogen) atoms. The Morgan fingerprint density at radius 3 is 2.71 bits per heavy atom. The first kappa shape index (κ1) is 15.1. The maximum Gasteiger partial charge on any atom is 0.336 e. The maximum atomic E-state index is 11.6. The number of carboxylic acids is 1. The van der Waals surface area contributed by atoms with Crippen molar-refractivity contribution in [1.29, 1.82) is 0 Å². The summed E-state index contributed by atoms with van der Waals surface area (Å²) in [6.45, 7) is 5.23. The number of aliphatic carboxylic acids is 1. The Bertz CT molecular complexity index is 729. The van der Waals surface area contributed by atoms with Crippen LogP contribution in [-0.2, 0) is 11.2 Å². The Morgan fingerprint density at radius 1 is 1.38 bits per heavy atom. The van der Waals surface area contributed by atoms with Gasteiger partial charge in [-0.1, -0.05) is 13.3 Å². The number of fused-ring (bicyclic) bond motifs is 1. The van der Waals surface area contributed by atoms with Gasteiger partial charge in [0, 0.05) is 6.07 Å². The molecule has 0 N–H and O–H groups in total. The predicted octanol–water partition coefficient (Wildman–Crippen LogP) is 1.57. The van der Waals surface area contributed by atoms with Crippen LogP contribution in [0.5, 0.6) is 5.75 Å². The molecule has 0 unspecified atom stereocenters. The molecule has 0 fully saturated rings. The van der Waals surface area contributed by atoms with Crippen LogP contribution in [-0.4, -0.2) is 12.1 Å². The SMILES string of the molecule is CCCc1cc(=O)oc2cc(C)cc(O[C@H](C)C(=O)[O-])c12. The minimum Gasteiger partial charge on any atom is -0.546 e. The molecule has 0 spiro atoms. The van der Waals surface area contributed by atoms with Crippen LogP contribution in [0.2, 0.25) is 0 Å². The van der Waals surface area contributed by atoms with Gasteiger partial charge in [-0.15, -0.1) is 0 Å². The molecule has 1 heterocycles. The van der Waals surface area contributed by atoms with Crippen LogP contribution >= 0.6 is 0 Å². The van der Waals surface area contributed by atoms with Crippen LogP contribution in [0.4, 0.5) is 0 Å². The van der Waals surface area contributed by atoms with Crippen molar-refractivity contribution in [3.8, 4) is 5.75 Å². The van der Waals surface area contributed by atoms with Gasteiger partial charge in [0.05, 0.1) is 11.4 Å². The van der Waals surface area contributed by atoms with Gasteiger partial charge in [-0.2, -0.15) is 0 Å². The van der Waals surface area contributed by atoms with E-state index in [1.807, 2.05) is 13.8 Å². The Kier molecular flexibility index (Phi) is 4.31. The van der Waals surface area contributed by atoms with Crippen molar-refractivity contribution in [2.75, 3.05) is 0 Å². The molecule has 5 nitrogen and oxygen atoms in total.